The Balaban J connectivity index is 2.10. The molecule has 0 heterocycles. The molecule has 18 heavy (non-hydrogen) atoms. The van der Waals surface area contributed by atoms with Gasteiger partial charge in [-0.3, -0.25) is 4.79 Å². The number of rotatable bonds is 4. The maximum atomic E-state index is 11.5. The zero-order valence-corrected chi connectivity index (χ0v) is 11.1. The van der Waals surface area contributed by atoms with Crippen LogP contribution in [0.25, 0.3) is 0 Å². The van der Waals surface area contributed by atoms with Crippen LogP contribution in [0, 0.1) is 5.92 Å². The van der Waals surface area contributed by atoms with Gasteiger partial charge in [0.25, 0.3) is 0 Å². The van der Waals surface area contributed by atoms with Crippen molar-refractivity contribution in [3.8, 4) is 11.5 Å². The number of ether oxygens (including phenoxy) is 2. The van der Waals surface area contributed by atoms with Crippen LogP contribution < -0.4 is 9.47 Å². The summed E-state index contributed by atoms with van der Waals surface area (Å²) in [5, 5.41) is 0. The number of Topliss-reactive ketones (excluding diaryl/α,β-unsaturated/α-hetero) is 1. The molecule has 1 saturated carbocycles. The van der Waals surface area contributed by atoms with Crippen molar-refractivity contribution in [1.29, 1.82) is 0 Å². The van der Waals surface area contributed by atoms with Crippen molar-refractivity contribution in [2.24, 2.45) is 5.92 Å². The largest absolute Gasteiger partial charge is 0.497 e. The summed E-state index contributed by atoms with van der Waals surface area (Å²) in [5.74, 6) is 2.50. The van der Waals surface area contributed by atoms with Crippen LogP contribution >= 0.6 is 0 Å². The minimum Gasteiger partial charge on any atom is -0.497 e. The van der Waals surface area contributed by atoms with Crippen LogP contribution in [0.3, 0.4) is 0 Å². The third-order valence-corrected chi connectivity index (χ3v) is 3.52. The second kappa shape index (κ2) is 5.89. The Morgan fingerprint density at radius 3 is 2.39 bits per heavy atom. The van der Waals surface area contributed by atoms with Crippen LogP contribution in [0.5, 0.6) is 11.5 Å². The first-order valence-corrected chi connectivity index (χ1v) is 6.45. The molecule has 1 aliphatic carbocycles. The number of hydrogen-bond donors (Lipinski definition) is 0. The number of hydrogen-bond acceptors (Lipinski definition) is 3. The van der Waals surface area contributed by atoms with Gasteiger partial charge in [-0.25, -0.2) is 0 Å². The number of benzene rings is 1. The fraction of sp³-hybridized carbons (Fsp3) is 0.533. The third kappa shape index (κ3) is 3.25. The average molecular weight is 248 g/mol. The van der Waals surface area contributed by atoms with E-state index in [1.54, 1.807) is 14.2 Å². The molecular weight excluding hydrogens is 228 g/mol. The smallest absolute Gasteiger partial charge is 0.133 e. The Morgan fingerprint density at radius 1 is 1.17 bits per heavy atom. The quantitative estimate of drug-likeness (QED) is 0.821. The highest BCUT2D eigenvalue weighted by atomic mass is 16.5. The van der Waals surface area contributed by atoms with Gasteiger partial charge in [-0.1, -0.05) is 0 Å². The van der Waals surface area contributed by atoms with Crippen molar-refractivity contribution < 1.29 is 14.3 Å². The fourth-order valence-electron chi connectivity index (χ4n) is 2.61. The minimum atomic E-state index is 0.404. The number of methoxy groups -OCH3 is 2. The van der Waals surface area contributed by atoms with Gasteiger partial charge in [0.05, 0.1) is 14.2 Å². The summed E-state index contributed by atoms with van der Waals surface area (Å²) >= 11 is 0. The van der Waals surface area contributed by atoms with Gasteiger partial charge in [-0.05, 0) is 42.9 Å². The maximum Gasteiger partial charge on any atom is 0.133 e. The number of carbonyl (C=O) groups excluding carboxylic acids is 1. The molecule has 1 unspecified atom stereocenters. The van der Waals surface area contributed by atoms with Gasteiger partial charge in [0.2, 0.25) is 0 Å². The molecule has 0 spiro atoms. The first-order valence-electron chi connectivity index (χ1n) is 6.45. The molecule has 0 aliphatic heterocycles. The normalized spacial score (nSPS) is 19.7. The van der Waals surface area contributed by atoms with E-state index in [9.17, 15) is 4.79 Å². The van der Waals surface area contributed by atoms with E-state index in [0.717, 1.165) is 43.6 Å². The molecule has 0 radical (unpaired) electrons. The number of ketones is 1. The van der Waals surface area contributed by atoms with E-state index in [1.165, 1.54) is 5.56 Å². The highest BCUT2D eigenvalue weighted by molar-refractivity contribution is 5.79. The summed E-state index contributed by atoms with van der Waals surface area (Å²) in [5.41, 5.74) is 1.19. The van der Waals surface area contributed by atoms with Crippen LogP contribution in [0.4, 0.5) is 0 Å². The van der Waals surface area contributed by atoms with Crippen molar-refractivity contribution >= 4 is 5.78 Å². The minimum absolute atomic E-state index is 0.404. The molecular formula is C15H20O3. The van der Waals surface area contributed by atoms with E-state index in [0.29, 0.717) is 11.7 Å². The highest BCUT2D eigenvalue weighted by Gasteiger charge is 2.20. The molecule has 3 nitrogen and oxygen atoms in total. The second-order valence-corrected chi connectivity index (χ2v) is 4.93. The van der Waals surface area contributed by atoms with Gasteiger partial charge in [0.15, 0.2) is 0 Å². The molecule has 98 valence electrons. The summed E-state index contributed by atoms with van der Waals surface area (Å²) in [4.78, 5) is 11.5. The molecule has 0 saturated heterocycles. The van der Waals surface area contributed by atoms with Crippen LogP contribution in [0.1, 0.15) is 31.2 Å². The van der Waals surface area contributed by atoms with Gasteiger partial charge in [-0.15, -0.1) is 0 Å². The van der Waals surface area contributed by atoms with E-state index in [2.05, 4.69) is 0 Å². The summed E-state index contributed by atoms with van der Waals surface area (Å²) in [6.45, 7) is 0. The lowest BCUT2D eigenvalue weighted by Crippen LogP contribution is -2.16. The van der Waals surface area contributed by atoms with Crippen molar-refractivity contribution in [3.05, 3.63) is 23.8 Å². The lowest BCUT2D eigenvalue weighted by atomic mass is 9.84. The van der Waals surface area contributed by atoms with Gasteiger partial charge in [0.1, 0.15) is 17.3 Å². The monoisotopic (exact) mass is 248 g/mol. The van der Waals surface area contributed by atoms with Crippen LogP contribution in [-0.2, 0) is 11.2 Å². The van der Waals surface area contributed by atoms with Gasteiger partial charge in [-0.2, -0.15) is 0 Å². The second-order valence-electron chi connectivity index (χ2n) is 4.93. The van der Waals surface area contributed by atoms with Crippen LogP contribution in [-0.4, -0.2) is 20.0 Å². The van der Waals surface area contributed by atoms with Gasteiger partial charge < -0.3 is 9.47 Å². The van der Waals surface area contributed by atoms with E-state index in [4.69, 9.17) is 9.47 Å². The number of carbonyl (C=O) groups is 1. The molecule has 1 aromatic carbocycles. The fourth-order valence-corrected chi connectivity index (χ4v) is 2.61. The van der Waals surface area contributed by atoms with E-state index >= 15 is 0 Å². The van der Waals surface area contributed by atoms with Gasteiger partial charge in [0, 0.05) is 18.9 Å². The Labute approximate surface area is 108 Å². The van der Waals surface area contributed by atoms with Gasteiger partial charge >= 0.3 is 0 Å². The van der Waals surface area contributed by atoms with E-state index < -0.39 is 0 Å². The standard InChI is InChI=1S/C15H20O3/c1-17-14-8-12(9-15(10-14)18-2)6-11-4-3-5-13(16)7-11/h8-11H,3-7H2,1-2H3. The summed E-state index contributed by atoms with van der Waals surface area (Å²) < 4.78 is 10.5. The third-order valence-electron chi connectivity index (χ3n) is 3.52. The summed E-state index contributed by atoms with van der Waals surface area (Å²) in [6.07, 6.45) is 4.59. The molecule has 1 aromatic rings. The molecule has 1 atom stereocenters. The van der Waals surface area contributed by atoms with E-state index in [-0.39, 0.29) is 0 Å². The molecule has 0 aromatic heterocycles. The lowest BCUT2D eigenvalue weighted by molar-refractivity contribution is -0.121. The highest BCUT2D eigenvalue weighted by Crippen LogP contribution is 2.29. The van der Waals surface area contributed by atoms with Crippen molar-refractivity contribution in [3.63, 3.8) is 0 Å². The molecule has 0 bridgehead atoms. The SMILES string of the molecule is COc1cc(CC2CCCC(=O)C2)cc(OC)c1. The van der Waals surface area contributed by atoms with Crippen molar-refractivity contribution in [2.45, 2.75) is 32.1 Å². The Morgan fingerprint density at radius 2 is 1.83 bits per heavy atom. The molecule has 3 heteroatoms. The van der Waals surface area contributed by atoms with E-state index in [1.807, 2.05) is 18.2 Å². The van der Waals surface area contributed by atoms with Crippen molar-refractivity contribution in [2.75, 3.05) is 14.2 Å². The van der Waals surface area contributed by atoms with Crippen molar-refractivity contribution in [1.82, 2.24) is 0 Å². The molecule has 2 rings (SSSR count). The molecule has 1 fully saturated rings. The Kier molecular flexibility index (Phi) is 4.24. The Hall–Kier alpha value is -1.51. The van der Waals surface area contributed by atoms with Crippen LogP contribution in [0.15, 0.2) is 18.2 Å². The zero-order valence-electron chi connectivity index (χ0n) is 11.1. The molecule has 0 N–H and O–H groups in total. The lowest BCUT2D eigenvalue weighted by Gasteiger charge is -2.21. The Bertz CT molecular complexity index is 403. The summed E-state index contributed by atoms with van der Waals surface area (Å²) in [6, 6.07) is 5.93. The molecule has 1 aliphatic rings. The average Bonchev–Trinajstić information content (AvgIpc) is 2.38. The maximum absolute atomic E-state index is 11.5. The predicted octanol–water partition coefficient (Wildman–Crippen LogP) is 3.01. The predicted molar refractivity (Wildman–Crippen MR) is 70.2 cm³/mol. The van der Waals surface area contributed by atoms with Crippen LogP contribution in [0.2, 0.25) is 0 Å². The zero-order chi connectivity index (χ0) is 13.0. The first kappa shape index (κ1) is 12.9. The first-order chi connectivity index (χ1) is 8.71. The topological polar surface area (TPSA) is 35.5 Å². The molecule has 0 amide bonds. The summed E-state index contributed by atoms with van der Waals surface area (Å²) in [7, 11) is 3.31.